The van der Waals surface area contributed by atoms with E-state index in [0.717, 1.165) is 0 Å². The number of ether oxygens (including phenoxy) is 3. The van der Waals surface area contributed by atoms with E-state index in [0.29, 0.717) is 39.3 Å². The molecule has 1 atom stereocenters. The molecule has 0 aromatic heterocycles. The number of hydrogen-bond donors (Lipinski definition) is 1. The maximum absolute atomic E-state index is 13.2. The molecule has 180 valence electrons. The number of hydrogen-bond acceptors (Lipinski definition) is 6. The molecule has 11 heteroatoms. The summed E-state index contributed by atoms with van der Waals surface area (Å²) in [6.45, 7) is 0. The summed E-state index contributed by atoms with van der Waals surface area (Å²) in [6, 6.07) is 14.4. The van der Waals surface area contributed by atoms with Gasteiger partial charge in [0.15, 0.2) is 11.5 Å². The highest BCUT2D eigenvalue weighted by Gasteiger charge is 2.35. The van der Waals surface area contributed by atoms with Crippen LogP contribution in [0.5, 0.6) is 17.2 Å². The Balaban J connectivity index is 1.91. The van der Waals surface area contributed by atoms with Gasteiger partial charge < -0.3 is 14.2 Å². The van der Waals surface area contributed by atoms with E-state index in [9.17, 15) is 21.6 Å². The molecule has 34 heavy (non-hydrogen) atoms. The number of halogens is 3. The van der Waals surface area contributed by atoms with E-state index in [1.165, 1.54) is 26.4 Å². The maximum Gasteiger partial charge on any atom is 0.446 e. The summed E-state index contributed by atoms with van der Waals surface area (Å²) in [7, 11) is -0.845. The Kier molecular flexibility index (Phi) is 6.45. The third kappa shape index (κ3) is 5.11. The topological polar surface area (TPSA) is 87.9 Å². The fourth-order valence-electron chi connectivity index (χ4n) is 3.92. The van der Waals surface area contributed by atoms with Gasteiger partial charge in [-0.3, -0.25) is 0 Å². The molecule has 0 bridgehead atoms. The smallest absolute Gasteiger partial charge is 0.446 e. The molecule has 2 N–H and O–H groups in total. The Bertz CT molecular complexity index is 1340. The first kappa shape index (κ1) is 24.2. The summed E-state index contributed by atoms with van der Waals surface area (Å²) in [5.41, 5.74) is -2.16. The minimum absolute atomic E-state index is 0.0174. The van der Waals surface area contributed by atoms with Crippen LogP contribution in [0.2, 0.25) is 0 Å². The van der Waals surface area contributed by atoms with Crippen LogP contribution in [0.3, 0.4) is 0 Å². The zero-order chi connectivity index (χ0) is 24.7. The second kappa shape index (κ2) is 9.05. The number of sulfonamides is 1. The summed E-state index contributed by atoms with van der Waals surface area (Å²) in [4.78, 5) is -0.0174. The van der Waals surface area contributed by atoms with Crippen molar-refractivity contribution in [2.45, 2.75) is 22.3 Å². The summed E-state index contributed by atoms with van der Waals surface area (Å²) in [6.07, 6.45) is -0.742. The van der Waals surface area contributed by atoms with Crippen LogP contribution in [-0.2, 0) is 15.8 Å². The number of rotatable bonds is 6. The lowest BCUT2D eigenvalue weighted by Crippen LogP contribution is -2.18. The predicted octanol–water partition coefficient (Wildman–Crippen LogP) is 5.25. The Morgan fingerprint density at radius 1 is 1.03 bits per heavy atom. The van der Waals surface area contributed by atoms with Gasteiger partial charge in [0.1, 0.15) is 11.9 Å². The lowest BCUT2D eigenvalue weighted by molar-refractivity contribution is -0.0328. The number of thioether (sulfide) groups is 1. The monoisotopic (exact) mass is 511 g/mol. The zero-order valence-corrected chi connectivity index (χ0v) is 19.7. The average Bonchev–Trinajstić information content (AvgIpc) is 2.76. The molecule has 1 aliphatic rings. The highest BCUT2D eigenvalue weighted by Crippen LogP contribution is 2.52. The van der Waals surface area contributed by atoms with Crippen LogP contribution < -0.4 is 19.3 Å². The second-order valence-electron chi connectivity index (χ2n) is 7.52. The molecule has 0 amide bonds. The largest absolute Gasteiger partial charge is 0.493 e. The Morgan fingerprint density at radius 3 is 2.41 bits per heavy atom. The SMILES string of the molecule is COc1ccc(C2Oc3cccc(SC(F)(F)F)c3-c3ccc(CS(N)(=O)=O)cc32)cc1OC. The van der Waals surface area contributed by atoms with Gasteiger partial charge >= 0.3 is 5.51 Å². The summed E-state index contributed by atoms with van der Waals surface area (Å²) < 4.78 is 80.0. The molecular formula is C23H20F3NO5S2. The molecule has 1 heterocycles. The highest BCUT2D eigenvalue weighted by atomic mass is 32.2. The lowest BCUT2D eigenvalue weighted by Gasteiger charge is -2.31. The van der Waals surface area contributed by atoms with Crippen molar-refractivity contribution in [2.75, 3.05) is 14.2 Å². The van der Waals surface area contributed by atoms with Crippen LogP contribution in [0, 0.1) is 0 Å². The van der Waals surface area contributed by atoms with Crippen LogP contribution in [0.15, 0.2) is 59.5 Å². The van der Waals surface area contributed by atoms with Crippen LogP contribution in [-0.4, -0.2) is 28.1 Å². The van der Waals surface area contributed by atoms with Gasteiger partial charge in [0.25, 0.3) is 0 Å². The molecule has 0 spiro atoms. The standard InChI is InChI=1S/C23H20F3NO5S2/c1-30-17-9-7-14(11-19(17)31-2)22-16-10-13(12-34(27,28)29)6-8-15(16)21-18(32-22)4-3-5-20(21)33-23(24,25)26/h3-11,22H,12H2,1-2H3,(H2,27,28,29). The van der Waals surface area contributed by atoms with Crippen molar-refractivity contribution < 1.29 is 35.8 Å². The Hall–Kier alpha value is -2.89. The van der Waals surface area contributed by atoms with Gasteiger partial charge in [-0.2, -0.15) is 13.2 Å². The quantitative estimate of drug-likeness (QED) is 0.455. The van der Waals surface area contributed by atoms with Crippen LogP contribution in [0.1, 0.15) is 22.8 Å². The molecule has 4 rings (SSSR count). The first-order valence-electron chi connectivity index (χ1n) is 9.90. The Labute approximate surface area is 198 Å². The first-order valence-corrected chi connectivity index (χ1v) is 12.4. The number of fused-ring (bicyclic) bond motifs is 3. The third-order valence-electron chi connectivity index (χ3n) is 5.20. The van der Waals surface area contributed by atoms with Crippen molar-refractivity contribution in [3.05, 3.63) is 71.3 Å². The number of primary sulfonamides is 1. The predicted molar refractivity (Wildman–Crippen MR) is 123 cm³/mol. The van der Waals surface area contributed by atoms with Gasteiger partial charge in [0, 0.05) is 21.6 Å². The van der Waals surface area contributed by atoms with Crippen LogP contribution >= 0.6 is 11.8 Å². The lowest BCUT2D eigenvalue weighted by atomic mass is 9.88. The fraction of sp³-hybridized carbons (Fsp3) is 0.217. The van der Waals surface area contributed by atoms with Crippen molar-refractivity contribution in [1.29, 1.82) is 0 Å². The molecule has 0 fully saturated rings. The molecule has 3 aromatic rings. The molecule has 0 aliphatic carbocycles. The molecular weight excluding hydrogens is 491 g/mol. The molecule has 1 unspecified atom stereocenters. The number of alkyl halides is 3. The molecule has 0 saturated heterocycles. The van der Waals surface area contributed by atoms with Crippen molar-refractivity contribution in [3.63, 3.8) is 0 Å². The van der Waals surface area contributed by atoms with E-state index in [4.69, 9.17) is 19.3 Å². The first-order chi connectivity index (χ1) is 16.0. The van der Waals surface area contributed by atoms with Crippen molar-refractivity contribution in [3.8, 4) is 28.4 Å². The van der Waals surface area contributed by atoms with Crippen molar-refractivity contribution >= 4 is 21.8 Å². The third-order valence-corrected chi connectivity index (χ3v) is 6.73. The summed E-state index contributed by atoms with van der Waals surface area (Å²) in [5, 5.41) is 5.21. The van der Waals surface area contributed by atoms with Gasteiger partial charge in [-0.15, -0.1) is 0 Å². The highest BCUT2D eigenvalue weighted by molar-refractivity contribution is 8.00. The molecule has 1 aliphatic heterocycles. The van der Waals surface area contributed by atoms with Crippen molar-refractivity contribution in [2.24, 2.45) is 5.14 Å². The van der Waals surface area contributed by atoms with E-state index in [2.05, 4.69) is 0 Å². The second-order valence-corrected chi connectivity index (χ2v) is 10.2. The molecule has 3 aromatic carbocycles. The fourth-order valence-corrected chi connectivity index (χ4v) is 5.27. The molecule has 6 nitrogen and oxygen atoms in total. The van der Waals surface area contributed by atoms with Gasteiger partial charge in [-0.25, -0.2) is 13.6 Å². The van der Waals surface area contributed by atoms with E-state index in [-0.39, 0.29) is 22.4 Å². The normalized spacial score (nSPS) is 15.2. The van der Waals surface area contributed by atoms with E-state index < -0.39 is 27.4 Å². The number of methoxy groups -OCH3 is 2. The number of nitrogens with two attached hydrogens (primary N) is 1. The van der Waals surface area contributed by atoms with Crippen LogP contribution in [0.25, 0.3) is 11.1 Å². The van der Waals surface area contributed by atoms with Gasteiger partial charge in [0.2, 0.25) is 10.0 Å². The summed E-state index contributed by atoms with van der Waals surface area (Å²) >= 11 is -0.231. The average molecular weight is 512 g/mol. The molecule has 0 saturated carbocycles. The van der Waals surface area contributed by atoms with Gasteiger partial charge in [-0.05, 0) is 47.2 Å². The minimum atomic E-state index is -4.50. The van der Waals surface area contributed by atoms with Gasteiger partial charge in [0.05, 0.1) is 20.0 Å². The minimum Gasteiger partial charge on any atom is -0.493 e. The maximum atomic E-state index is 13.2. The Morgan fingerprint density at radius 2 is 1.76 bits per heavy atom. The van der Waals surface area contributed by atoms with E-state index in [1.807, 2.05) is 0 Å². The van der Waals surface area contributed by atoms with Crippen molar-refractivity contribution in [1.82, 2.24) is 0 Å². The molecule has 0 radical (unpaired) electrons. The zero-order valence-electron chi connectivity index (χ0n) is 18.0. The summed E-state index contributed by atoms with van der Waals surface area (Å²) in [5.74, 6) is 0.790. The van der Waals surface area contributed by atoms with Gasteiger partial charge in [-0.1, -0.05) is 30.3 Å². The van der Waals surface area contributed by atoms with E-state index >= 15 is 0 Å². The van der Waals surface area contributed by atoms with E-state index in [1.54, 1.807) is 42.5 Å². The van der Waals surface area contributed by atoms with Crippen LogP contribution in [0.4, 0.5) is 13.2 Å². The number of benzene rings is 3.